The molecule has 28 heavy (non-hydrogen) atoms. The molecule has 0 aliphatic carbocycles. The quantitative estimate of drug-likeness (QED) is 0.642. The molecule has 3 heteroatoms. The van der Waals surface area contributed by atoms with Crippen molar-refractivity contribution in [3.63, 3.8) is 0 Å². The molecule has 4 rings (SSSR count). The van der Waals surface area contributed by atoms with E-state index in [0.717, 1.165) is 31.5 Å². The molecule has 1 aliphatic heterocycles. The molecule has 1 aliphatic rings. The Labute approximate surface area is 167 Å². The van der Waals surface area contributed by atoms with Crippen LogP contribution in [0.1, 0.15) is 45.8 Å². The summed E-state index contributed by atoms with van der Waals surface area (Å²) in [7, 11) is 0. The fourth-order valence-corrected chi connectivity index (χ4v) is 4.35. The molecule has 3 aromatic rings. The number of rotatable bonds is 4. The van der Waals surface area contributed by atoms with E-state index >= 15 is 0 Å². The summed E-state index contributed by atoms with van der Waals surface area (Å²) in [6, 6.07) is 23.5. The first kappa shape index (κ1) is 18.4. The van der Waals surface area contributed by atoms with E-state index in [-0.39, 0.29) is 5.91 Å². The van der Waals surface area contributed by atoms with Gasteiger partial charge >= 0.3 is 0 Å². The van der Waals surface area contributed by atoms with Crippen molar-refractivity contribution in [1.82, 2.24) is 9.88 Å². The molecule has 1 amide bonds. The smallest absolute Gasteiger partial charge is 0.255 e. The molecule has 0 bridgehead atoms. The molecular formula is C25H26N2O. The maximum Gasteiger partial charge on any atom is 0.255 e. The topological polar surface area (TPSA) is 33.2 Å². The molecule has 1 aromatic heterocycles. The van der Waals surface area contributed by atoms with Crippen LogP contribution in [0.25, 0.3) is 0 Å². The lowest BCUT2D eigenvalue weighted by atomic mass is 9.76. The predicted octanol–water partition coefficient (Wildman–Crippen LogP) is 5.07. The molecule has 0 unspecified atom stereocenters. The highest BCUT2D eigenvalue weighted by Crippen LogP contribution is 2.38. The number of piperidine rings is 1. The van der Waals surface area contributed by atoms with Gasteiger partial charge in [0.05, 0.1) is 5.56 Å². The Hall–Kier alpha value is -2.94. The third-order valence-corrected chi connectivity index (χ3v) is 5.74. The number of pyridine rings is 1. The van der Waals surface area contributed by atoms with Crippen LogP contribution in [-0.4, -0.2) is 28.9 Å². The highest BCUT2D eigenvalue weighted by atomic mass is 16.2. The molecule has 3 nitrogen and oxygen atoms in total. The van der Waals surface area contributed by atoms with Crippen molar-refractivity contribution in [2.45, 2.75) is 25.7 Å². The van der Waals surface area contributed by atoms with Crippen LogP contribution < -0.4 is 0 Å². The van der Waals surface area contributed by atoms with Crippen LogP contribution in [0.15, 0.2) is 79.1 Å². The second-order valence-electron chi connectivity index (χ2n) is 7.68. The zero-order chi connectivity index (χ0) is 19.3. The van der Waals surface area contributed by atoms with Gasteiger partial charge in [0, 0.05) is 31.4 Å². The number of likely N-dealkylation sites (tertiary alicyclic amines) is 1. The van der Waals surface area contributed by atoms with E-state index in [1.807, 2.05) is 17.9 Å². The van der Waals surface area contributed by atoms with E-state index in [0.29, 0.717) is 17.4 Å². The van der Waals surface area contributed by atoms with E-state index in [4.69, 9.17) is 0 Å². The lowest BCUT2D eigenvalue weighted by molar-refractivity contribution is 0.0683. The first-order valence-electron chi connectivity index (χ1n) is 10.0. The summed E-state index contributed by atoms with van der Waals surface area (Å²) in [5, 5.41) is 0. The summed E-state index contributed by atoms with van der Waals surface area (Å²) >= 11 is 0. The minimum Gasteiger partial charge on any atom is -0.339 e. The van der Waals surface area contributed by atoms with Gasteiger partial charge in [0.2, 0.25) is 0 Å². The normalized spacial score (nSPS) is 15.0. The highest BCUT2D eigenvalue weighted by Gasteiger charge is 2.30. The van der Waals surface area contributed by atoms with E-state index in [1.54, 1.807) is 12.4 Å². The molecule has 2 aromatic carbocycles. The van der Waals surface area contributed by atoms with Gasteiger partial charge in [-0.15, -0.1) is 0 Å². The van der Waals surface area contributed by atoms with E-state index in [2.05, 4.69) is 65.6 Å². The number of hydrogen-bond donors (Lipinski definition) is 0. The summed E-state index contributed by atoms with van der Waals surface area (Å²) in [6.07, 6.45) is 5.49. The Balaban J connectivity index is 1.51. The van der Waals surface area contributed by atoms with Gasteiger partial charge in [0.15, 0.2) is 0 Å². The average molecular weight is 370 g/mol. The minimum absolute atomic E-state index is 0.102. The Morgan fingerprint density at radius 3 is 2.04 bits per heavy atom. The monoisotopic (exact) mass is 370 g/mol. The molecule has 0 saturated carbocycles. The van der Waals surface area contributed by atoms with Gasteiger partial charge in [-0.1, -0.05) is 60.7 Å². The van der Waals surface area contributed by atoms with Crippen molar-refractivity contribution in [2.75, 3.05) is 13.1 Å². The summed E-state index contributed by atoms with van der Waals surface area (Å²) < 4.78 is 0. The van der Waals surface area contributed by atoms with Crippen LogP contribution in [0.2, 0.25) is 0 Å². The standard InChI is InChI=1S/C25H26N2O/c1-19-16-23(18-26-17-19)25(28)27-14-12-22(13-15-27)24(20-8-4-2-5-9-20)21-10-6-3-7-11-21/h2-11,16-18,22,24H,12-15H2,1H3. The second kappa shape index (κ2) is 8.39. The predicted molar refractivity (Wildman–Crippen MR) is 112 cm³/mol. The zero-order valence-electron chi connectivity index (χ0n) is 16.3. The number of aryl methyl sites for hydroxylation is 1. The number of carbonyl (C=O) groups excluding carboxylic acids is 1. The van der Waals surface area contributed by atoms with Crippen LogP contribution in [0.5, 0.6) is 0 Å². The van der Waals surface area contributed by atoms with Crippen LogP contribution in [0.3, 0.4) is 0 Å². The molecule has 0 atom stereocenters. The van der Waals surface area contributed by atoms with Crippen LogP contribution >= 0.6 is 0 Å². The third kappa shape index (κ3) is 3.99. The van der Waals surface area contributed by atoms with Gasteiger partial charge in [0.25, 0.3) is 5.91 Å². The Kier molecular flexibility index (Phi) is 5.52. The SMILES string of the molecule is Cc1cncc(C(=O)N2CCC(C(c3ccccc3)c3ccccc3)CC2)c1. The highest BCUT2D eigenvalue weighted by molar-refractivity contribution is 5.94. The fourth-order valence-electron chi connectivity index (χ4n) is 4.35. The van der Waals surface area contributed by atoms with Crippen molar-refractivity contribution >= 4 is 5.91 Å². The van der Waals surface area contributed by atoms with Crippen molar-refractivity contribution in [3.8, 4) is 0 Å². The Morgan fingerprint density at radius 2 is 1.50 bits per heavy atom. The molecule has 1 saturated heterocycles. The lowest BCUT2D eigenvalue weighted by Crippen LogP contribution is -2.40. The number of nitrogens with zero attached hydrogens (tertiary/aromatic N) is 2. The van der Waals surface area contributed by atoms with Gasteiger partial charge in [-0.2, -0.15) is 0 Å². The molecule has 0 radical (unpaired) electrons. The molecule has 0 N–H and O–H groups in total. The number of amides is 1. The van der Waals surface area contributed by atoms with Crippen LogP contribution in [0, 0.1) is 12.8 Å². The summed E-state index contributed by atoms with van der Waals surface area (Å²) in [4.78, 5) is 19.0. The molecule has 0 spiro atoms. The molecular weight excluding hydrogens is 344 g/mol. The van der Waals surface area contributed by atoms with Gasteiger partial charge in [-0.3, -0.25) is 9.78 Å². The third-order valence-electron chi connectivity index (χ3n) is 5.74. The number of carbonyl (C=O) groups is 1. The van der Waals surface area contributed by atoms with Gasteiger partial charge in [-0.25, -0.2) is 0 Å². The maximum absolute atomic E-state index is 12.9. The Morgan fingerprint density at radius 1 is 0.929 bits per heavy atom. The van der Waals surface area contributed by atoms with Crippen molar-refractivity contribution in [1.29, 1.82) is 0 Å². The number of benzene rings is 2. The summed E-state index contributed by atoms with van der Waals surface area (Å²) in [6.45, 7) is 3.57. The van der Waals surface area contributed by atoms with Crippen LogP contribution in [-0.2, 0) is 0 Å². The second-order valence-corrected chi connectivity index (χ2v) is 7.68. The lowest BCUT2D eigenvalue weighted by Gasteiger charge is -2.36. The van der Waals surface area contributed by atoms with Gasteiger partial charge in [0.1, 0.15) is 0 Å². The zero-order valence-corrected chi connectivity index (χ0v) is 16.3. The largest absolute Gasteiger partial charge is 0.339 e. The summed E-state index contributed by atoms with van der Waals surface area (Å²) in [5.74, 6) is 1.01. The maximum atomic E-state index is 12.9. The first-order chi connectivity index (χ1) is 13.7. The molecule has 142 valence electrons. The first-order valence-corrected chi connectivity index (χ1v) is 10.0. The minimum atomic E-state index is 0.102. The van der Waals surface area contributed by atoms with Crippen molar-refractivity contribution in [3.05, 3.63) is 101 Å². The van der Waals surface area contributed by atoms with Crippen LogP contribution in [0.4, 0.5) is 0 Å². The van der Waals surface area contributed by atoms with Crippen molar-refractivity contribution < 1.29 is 4.79 Å². The number of hydrogen-bond acceptors (Lipinski definition) is 2. The molecule has 1 fully saturated rings. The van der Waals surface area contributed by atoms with Gasteiger partial charge in [-0.05, 0) is 48.4 Å². The average Bonchev–Trinajstić information content (AvgIpc) is 2.75. The van der Waals surface area contributed by atoms with E-state index < -0.39 is 0 Å². The Bertz CT molecular complexity index is 876. The number of aromatic nitrogens is 1. The van der Waals surface area contributed by atoms with Gasteiger partial charge < -0.3 is 4.90 Å². The van der Waals surface area contributed by atoms with E-state index in [1.165, 1.54) is 11.1 Å². The fraction of sp³-hybridized carbons (Fsp3) is 0.280. The van der Waals surface area contributed by atoms with E-state index in [9.17, 15) is 4.79 Å². The molecule has 2 heterocycles. The van der Waals surface area contributed by atoms with Crippen molar-refractivity contribution in [2.24, 2.45) is 5.92 Å². The summed E-state index contributed by atoms with van der Waals surface area (Å²) in [5.41, 5.74) is 4.44.